The van der Waals surface area contributed by atoms with Crippen molar-refractivity contribution in [3.05, 3.63) is 59.9 Å². The Bertz CT molecular complexity index is 1220. The van der Waals surface area contributed by atoms with Gasteiger partial charge in [-0.3, -0.25) is 4.79 Å². The number of rotatable bonds is 9. The maximum absolute atomic E-state index is 12.9. The number of sulfonamides is 1. The number of para-hydroxylation sites is 1. The number of anilines is 1. The van der Waals surface area contributed by atoms with E-state index in [1.165, 1.54) is 35.6 Å². The number of fused-ring (bicyclic) bond motifs is 1. The van der Waals surface area contributed by atoms with Crippen LogP contribution in [-0.4, -0.2) is 44.8 Å². The van der Waals surface area contributed by atoms with Crippen LogP contribution in [0.2, 0.25) is 0 Å². The molecule has 0 atom stereocenters. The zero-order valence-electron chi connectivity index (χ0n) is 18.3. The number of amides is 1. The van der Waals surface area contributed by atoms with Crippen LogP contribution in [0, 0.1) is 0 Å². The average molecular weight is 459 g/mol. The van der Waals surface area contributed by atoms with Crippen LogP contribution in [0.15, 0.2) is 57.8 Å². The van der Waals surface area contributed by atoms with Gasteiger partial charge in [-0.2, -0.15) is 0 Å². The summed E-state index contributed by atoms with van der Waals surface area (Å²) in [6.45, 7) is 4.25. The molecule has 1 amide bonds. The van der Waals surface area contributed by atoms with Crippen molar-refractivity contribution in [2.45, 2.75) is 31.6 Å². The number of furan rings is 1. The first-order valence-corrected chi connectivity index (χ1v) is 11.8. The van der Waals surface area contributed by atoms with Gasteiger partial charge in [-0.25, -0.2) is 17.5 Å². The first kappa shape index (κ1) is 23.5. The van der Waals surface area contributed by atoms with Crippen molar-refractivity contribution in [1.82, 2.24) is 4.31 Å². The summed E-state index contributed by atoms with van der Waals surface area (Å²) in [5.74, 6) is -1.29. The molecule has 1 heterocycles. The number of ether oxygens (including phenoxy) is 1. The summed E-state index contributed by atoms with van der Waals surface area (Å²) in [7, 11) is -2.10. The van der Waals surface area contributed by atoms with Crippen LogP contribution in [0.5, 0.6) is 0 Å². The second kappa shape index (κ2) is 9.97. The van der Waals surface area contributed by atoms with E-state index < -0.39 is 21.9 Å². The number of unbranched alkanes of at least 4 members (excludes halogenated alkanes) is 1. The van der Waals surface area contributed by atoms with Crippen LogP contribution in [0.4, 0.5) is 5.69 Å². The fourth-order valence-corrected chi connectivity index (χ4v) is 4.36. The Balaban J connectivity index is 1.86. The average Bonchev–Trinajstić information content (AvgIpc) is 3.16. The quantitative estimate of drug-likeness (QED) is 0.480. The number of benzene rings is 2. The molecule has 1 N–H and O–H groups in total. The minimum absolute atomic E-state index is 0.0989. The van der Waals surface area contributed by atoms with E-state index in [1.807, 2.05) is 6.92 Å². The van der Waals surface area contributed by atoms with E-state index >= 15 is 0 Å². The van der Waals surface area contributed by atoms with Crippen LogP contribution in [0.3, 0.4) is 0 Å². The minimum Gasteiger partial charge on any atom is -0.460 e. The molecule has 0 radical (unpaired) electrons. The zero-order valence-corrected chi connectivity index (χ0v) is 19.1. The Morgan fingerprint density at radius 2 is 1.75 bits per heavy atom. The molecule has 32 heavy (non-hydrogen) atoms. The van der Waals surface area contributed by atoms with E-state index in [4.69, 9.17) is 9.15 Å². The molecule has 0 fully saturated rings. The van der Waals surface area contributed by atoms with Gasteiger partial charge in [0, 0.05) is 24.5 Å². The van der Waals surface area contributed by atoms with E-state index in [-0.39, 0.29) is 28.5 Å². The number of nitrogens with one attached hydrogen (secondary N) is 1. The SMILES string of the molecule is CCCCN(C)S(=O)(=O)c1ccc(C(=O)Nc2c(C(=O)OCC)oc3ccccc23)cc1. The van der Waals surface area contributed by atoms with Crippen molar-refractivity contribution < 1.29 is 27.2 Å². The summed E-state index contributed by atoms with van der Waals surface area (Å²) in [6.07, 6.45) is 1.65. The van der Waals surface area contributed by atoms with Gasteiger partial charge in [-0.1, -0.05) is 25.5 Å². The lowest BCUT2D eigenvalue weighted by molar-refractivity contribution is 0.0494. The van der Waals surface area contributed by atoms with Gasteiger partial charge in [0.2, 0.25) is 15.8 Å². The van der Waals surface area contributed by atoms with Crippen LogP contribution < -0.4 is 5.32 Å². The van der Waals surface area contributed by atoms with Crippen molar-refractivity contribution in [3.63, 3.8) is 0 Å². The Labute approximate surface area is 187 Å². The van der Waals surface area contributed by atoms with Crippen molar-refractivity contribution >= 4 is 38.6 Å². The predicted octanol–water partition coefficient (Wildman–Crippen LogP) is 4.28. The summed E-state index contributed by atoms with van der Waals surface area (Å²) in [6, 6.07) is 12.6. The number of carbonyl (C=O) groups is 2. The van der Waals surface area contributed by atoms with E-state index in [1.54, 1.807) is 31.2 Å². The molecular formula is C23H26N2O6S. The lowest BCUT2D eigenvalue weighted by Gasteiger charge is -2.17. The highest BCUT2D eigenvalue weighted by atomic mass is 32.2. The number of hydrogen-bond donors (Lipinski definition) is 1. The minimum atomic E-state index is -3.63. The fraction of sp³-hybridized carbons (Fsp3) is 0.304. The van der Waals surface area contributed by atoms with Gasteiger partial charge < -0.3 is 14.5 Å². The number of carbonyl (C=O) groups excluding carboxylic acids is 2. The number of hydrogen-bond acceptors (Lipinski definition) is 6. The highest BCUT2D eigenvalue weighted by Crippen LogP contribution is 2.32. The maximum Gasteiger partial charge on any atom is 0.376 e. The molecule has 0 aliphatic rings. The molecule has 8 nitrogen and oxygen atoms in total. The lowest BCUT2D eigenvalue weighted by atomic mass is 10.2. The number of nitrogens with zero attached hydrogens (tertiary/aromatic N) is 1. The van der Waals surface area contributed by atoms with Crippen molar-refractivity contribution in [2.24, 2.45) is 0 Å². The van der Waals surface area contributed by atoms with E-state index in [9.17, 15) is 18.0 Å². The van der Waals surface area contributed by atoms with E-state index in [0.29, 0.717) is 17.5 Å². The molecule has 0 saturated carbocycles. The van der Waals surface area contributed by atoms with Gasteiger partial charge in [0.05, 0.1) is 11.5 Å². The molecule has 3 rings (SSSR count). The predicted molar refractivity (Wildman–Crippen MR) is 121 cm³/mol. The van der Waals surface area contributed by atoms with Gasteiger partial charge in [-0.15, -0.1) is 0 Å². The molecular weight excluding hydrogens is 432 g/mol. The summed E-state index contributed by atoms with van der Waals surface area (Å²) in [5.41, 5.74) is 0.878. The van der Waals surface area contributed by atoms with E-state index in [2.05, 4.69) is 5.32 Å². The largest absolute Gasteiger partial charge is 0.460 e. The Kier molecular flexibility index (Phi) is 7.32. The third-order valence-corrected chi connectivity index (χ3v) is 6.82. The Morgan fingerprint density at radius 3 is 2.41 bits per heavy atom. The van der Waals surface area contributed by atoms with Crippen LogP contribution in [0.25, 0.3) is 11.0 Å². The standard InChI is InChI=1S/C23H26N2O6S/c1-4-6-15-25(3)32(28,29)17-13-11-16(12-14-17)22(26)24-20-18-9-7-8-10-19(18)31-21(20)23(27)30-5-2/h7-14H,4-6,15H2,1-3H3,(H,24,26). The van der Waals surface area contributed by atoms with Gasteiger partial charge in [0.25, 0.3) is 5.91 Å². The van der Waals surface area contributed by atoms with Crippen molar-refractivity contribution in [1.29, 1.82) is 0 Å². The topological polar surface area (TPSA) is 106 Å². The molecule has 1 aromatic heterocycles. The van der Waals surface area contributed by atoms with E-state index in [0.717, 1.165) is 12.8 Å². The molecule has 0 unspecified atom stereocenters. The van der Waals surface area contributed by atoms with Gasteiger partial charge >= 0.3 is 5.97 Å². The smallest absolute Gasteiger partial charge is 0.376 e. The molecule has 9 heteroatoms. The summed E-state index contributed by atoms with van der Waals surface area (Å²) in [4.78, 5) is 25.3. The highest BCUT2D eigenvalue weighted by molar-refractivity contribution is 7.89. The first-order chi connectivity index (χ1) is 15.3. The van der Waals surface area contributed by atoms with Gasteiger partial charge in [-0.05, 0) is 49.7 Å². The molecule has 0 spiro atoms. The second-order valence-corrected chi connectivity index (χ2v) is 9.23. The molecule has 3 aromatic rings. The summed E-state index contributed by atoms with van der Waals surface area (Å²) < 4.78 is 37.3. The monoisotopic (exact) mass is 458 g/mol. The Hall–Kier alpha value is -3.17. The Morgan fingerprint density at radius 1 is 1.06 bits per heavy atom. The molecule has 0 aliphatic heterocycles. The maximum atomic E-state index is 12.9. The molecule has 2 aromatic carbocycles. The normalized spacial score (nSPS) is 11.6. The van der Waals surface area contributed by atoms with Crippen LogP contribution in [-0.2, 0) is 14.8 Å². The third-order valence-electron chi connectivity index (χ3n) is 4.95. The third kappa shape index (κ3) is 4.84. The molecule has 170 valence electrons. The highest BCUT2D eigenvalue weighted by Gasteiger charge is 2.24. The summed E-state index contributed by atoms with van der Waals surface area (Å²) >= 11 is 0. The molecule has 0 bridgehead atoms. The lowest BCUT2D eigenvalue weighted by Crippen LogP contribution is -2.28. The van der Waals surface area contributed by atoms with Gasteiger partial charge in [0.1, 0.15) is 11.3 Å². The van der Waals surface area contributed by atoms with Crippen LogP contribution in [0.1, 0.15) is 47.6 Å². The molecule has 0 saturated heterocycles. The zero-order chi connectivity index (χ0) is 23.3. The fourth-order valence-electron chi connectivity index (χ4n) is 3.15. The summed E-state index contributed by atoms with van der Waals surface area (Å²) in [5, 5.41) is 3.26. The first-order valence-electron chi connectivity index (χ1n) is 10.4. The van der Waals surface area contributed by atoms with Gasteiger partial charge in [0.15, 0.2) is 0 Å². The molecule has 0 aliphatic carbocycles. The van der Waals surface area contributed by atoms with Crippen LogP contribution >= 0.6 is 0 Å². The van der Waals surface area contributed by atoms with Crippen molar-refractivity contribution in [2.75, 3.05) is 25.5 Å². The number of esters is 1. The second-order valence-electron chi connectivity index (χ2n) is 7.18. The van der Waals surface area contributed by atoms with Crippen molar-refractivity contribution in [3.8, 4) is 0 Å².